The highest BCUT2D eigenvalue weighted by Gasteiger charge is 2.35. The molecule has 4 N–H and O–H groups in total. The molecule has 2 aliphatic heterocycles. The maximum atomic E-state index is 13.0. The maximum Gasteiger partial charge on any atom is 0.320 e. The number of nitrogens with one attached hydrogen (secondary N) is 1. The molecule has 0 radical (unpaired) electrons. The molecule has 1 fully saturated rings. The van der Waals surface area contributed by atoms with Crippen molar-refractivity contribution in [2.45, 2.75) is 38.1 Å². The van der Waals surface area contributed by atoms with Crippen LogP contribution in [0.4, 0.5) is 16.4 Å². The minimum atomic E-state index is -0.958. The summed E-state index contributed by atoms with van der Waals surface area (Å²) in [6.45, 7) is 2.64. The lowest BCUT2D eigenvalue weighted by molar-refractivity contribution is -0.138. The number of fused-ring (bicyclic) bond motifs is 1. The van der Waals surface area contributed by atoms with Crippen molar-refractivity contribution >= 4 is 23.6 Å². The van der Waals surface area contributed by atoms with E-state index < -0.39 is 12.0 Å². The number of nitrogens with two attached hydrogens (primary N) is 1. The van der Waals surface area contributed by atoms with Crippen molar-refractivity contribution in [3.63, 3.8) is 0 Å². The fraction of sp³-hybridized carbons (Fsp3) is 0.455. The summed E-state index contributed by atoms with van der Waals surface area (Å²) < 4.78 is 0. The van der Waals surface area contributed by atoms with Gasteiger partial charge in [-0.3, -0.25) is 4.79 Å². The Labute approximate surface area is 181 Å². The van der Waals surface area contributed by atoms with Gasteiger partial charge in [-0.1, -0.05) is 12.1 Å². The number of hydrogen-bond donors (Lipinski definition) is 3. The van der Waals surface area contributed by atoms with E-state index in [9.17, 15) is 14.7 Å². The van der Waals surface area contributed by atoms with Crippen LogP contribution in [0.15, 0.2) is 30.5 Å². The number of hydrogen-bond acceptors (Lipinski definition) is 6. The molecule has 31 heavy (non-hydrogen) atoms. The number of nitrogens with zero attached hydrogens (tertiary/aromatic N) is 4. The Morgan fingerprint density at radius 3 is 2.90 bits per heavy atom. The molecule has 0 saturated carbocycles. The van der Waals surface area contributed by atoms with E-state index >= 15 is 0 Å². The van der Waals surface area contributed by atoms with Gasteiger partial charge in [0.05, 0.1) is 12.5 Å². The average Bonchev–Trinajstić information content (AvgIpc) is 3.13. The van der Waals surface area contributed by atoms with E-state index in [0.717, 1.165) is 43.7 Å². The summed E-state index contributed by atoms with van der Waals surface area (Å²) in [5, 5.41) is 12.7. The predicted octanol–water partition coefficient (Wildman–Crippen LogP) is 2.30. The summed E-state index contributed by atoms with van der Waals surface area (Å²) in [6, 6.07) is 6.88. The van der Waals surface area contributed by atoms with Crippen LogP contribution in [0.2, 0.25) is 0 Å². The third-order valence-corrected chi connectivity index (χ3v) is 5.88. The molecular formula is C22H28N6O3. The van der Waals surface area contributed by atoms with Gasteiger partial charge in [-0.05, 0) is 48.9 Å². The molecule has 9 nitrogen and oxygen atoms in total. The zero-order valence-corrected chi connectivity index (χ0v) is 17.5. The third kappa shape index (κ3) is 4.87. The van der Waals surface area contributed by atoms with Crippen LogP contribution in [0.25, 0.3) is 0 Å². The predicted molar refractivity (Wildman–Crippen MR) is 117 cm³/mol. The molecule has 9 heteroatoms. The van der Waals surface area contributed by atoms with Gasteiger partial charge in [-0.15, -0.1) is 0 Å². The summed E-state index contributed by atoms with van der Waals surface area (Å²) in [6.07, 6.45) is 5.18. The number of anilines is 2. The number of carboxylic acid groups (broad SMARTS) is 1. The van der Waals surface area contributed by atoms with Gasteiger partial charge in [-0.2, -0.15) is 0 Å². The minimum Gasteiger partial charge on any atom is -0.481 e. The van der Waals surface area contributed by atoms with E-state index in [2.05, 4.69) is 22.4 Å². The van der Waals surface area contributed by atoms with Crippen LogP contribution in [0.5, 0.6) is 0 Å². The summed E-state index contributed by atoms with van der Waals surface area (Å²) >= 11 is 0. The number of nitrogen functional groups attached to an aromatic ring is 1. The third-order valence-electron chi connectivity index (χ3n) is 5.88. The number of aliphatic carboxylic acids is 1. The Morgan fingerprint density at radius 2 is 2.13 bits per heavy atom. The van der Waals surface area contributed by atoms with Gasteiger partial charge in [-0.25, -0.2) is 14.8 Å². The lowest BCUT2D eigenvalue weighted by Crippen LogP contribution is -2.36. The highest BCUT2D eigenvalue weighted by molar-refractivity contribution is 5.78. The summed E-state index contributed by atoms with van der Waals surface area (Å²) in [5.74, 6) is 0.388. The van der Waals surface area contributed by atoms with E-state index in [1.165, 1.54) is 5.56 Å². The first-order valence-corrected chi connectivity index (χ1v) is 10.7. The number of urea groups is 1. The molecule has 0 bridgehead atoms. The van der Waals surface area contributed by atoms with E-state index in [1.54, 1.807) is 28.1 Å². The second-order valence-electron chi connectivity index (χ2n) is 8.04. The molecule has 4 heterocycles. The Balaban J connectivity index is 1.36. The largest absolute Gasteiger partial charge is 0.481 e. The molecule has 0 aromatic carbocycles. The number of carbonyl (C=O) groups is 2. The lowest BCUT2D eigenvalue weighted by Gasteiger charge is -2.27. The summed E-state index contributed by atoms with van der Waals surface area (Å²) in [7, 11) is 0. The van der Waals surface area contributed by atoms with Gasteiger partial charge in [0.15, 0.2) is 0 Å². The first-order chi connectivity index (χ1) is 15.0. The van der Waals surface area contributed by atoms with Gasteiger partial charge >= 0.3 is 12.0 Å². The molecule has 0 spiro atoms. The minimum absolute atomic E-state index is 0.136. The van der Waals surface area contributed by atoms with Crippen molar-refractivity contribution < 1.29 is 14.7 Å². The van der Waals surface area contributed by atoms with Crippen LogP contribution in [0.1, 0.15) is 42.1 Å². The fourth-order valence-electron chi connectivity index (χ4n) is 4.24. The standard InChI is InChI=1S/C22H28N6O3/c23-19-8-6-16(14-25-19)18(13-20(29)30)28-12-11-27(22(28)31)10-2-4-17-7-5-15-3-1-9-24-21(15)26-17/h5-8,14,18H,1-4,9-13H2,(H2,23,25)(H,24,26)(H,29,30)/t18-/m0/s1. The van der Waals surface area contributed by atoms with Crippen LogP contribution < -0.4 is 11.1 Å². The quantitative estimate of drug-likeness (QED) is 0.594. The SMILES string of the molecule is Nc1ccc([C@H](CC(=O)O)N2CCN(CCCc3ccc4c(n3)NCCC4)C2=O)cn1. The second-order valence-corrected chi connectivity index (χ2v) is 8.04. The Morgan fingerprint density at radius 1 is 1.26 bits per heavy atom. The summed E-state index contributed by atoms with van der Waals surface area (Å²) in [4.78, 5) is 36.6. The van der Waals surface area contributed by atoms with Crippen molar-refractivity contribution in [2.75, 3.05) is 37.2 Å². The Hall–Kier alpha value is -3.36. The maximum absolute atomic E-state index is 13.0. The van der Waals surface area contributed by atoms with Crippen molar-refractivity contribution in [3.8, 4) is 0 Å². The van der Waals surface area contributed by atoms with Gasteiger partial charge < -0.3 is 26.0 Å². The molecule has 0 aliphatic carbocycles. The van der Waals surface area contributed by atoms with E-state index in [1.807, 2.05) is 0 Å². The van der Waals surface area contributed by atoms with Gasteiger partial charge in [0.25, 0.3) is 0 Å². The number of aromatic nitrogens is 2. The molecule has 164 valence electrons. The molecule has 4 rings (SSSR count). The topological polar surface area (TPSA) is 125 Å². The molecule has 2 aromatic rings. The first kappa shape index (κ1) is 20.9. The van der Waals surface area contributed by atoms with E-state index in [4.69, 9.17) is 10.7 Å². The molecule has 1 atom stereocenters. The first-order valence-electron chi connectivity index (χ1n) is 10.7. The van der Waals surface area contributed by atoms with Crippen LogP contribution in [-0.4, -0.2) is 63.1 Å². The molecule has 2 aromatic heterocycles. The average molecular weight is 425 g/mol. The number of amides is 2. The van der Waals surface area contributed by atoms with E-state index in [0.29, 0.717) is 31.0 Å². The second kappa shape index (κ2) is 9.20. The number of rotatable bonds is 8. The molecule has 2 amide bonds. The van der Waals surface area contributed by atoms with Crippen LogP contribution in [-0.2, 0) is 17.6 Å². The molecular weight excluding hydrogens is 396 g/mol. The molecule has 1 saturated heterocycles. The van der Waals surface area contributed by atoms with Crippen molar-refractivity contribution in [2.24, 2.45) is 0 Å². The smallest absolute Gasteiger partial charge is 0.320 e. The lowest BCUT2D eigenvalue weighted by atomic mass is 10.0. The normalized spacial score (nSPS) is 16.7. The fourth-order valence-corrected chi connectivity index (χ4v) is 4.24. The molecule has 0 unspecified atom stereocenters. The van der Waals surface area contributed by atoms with Crippen LogP contribution in [0, 0.1) is 0 Å². The zero-order valence-electron chi connectivity index (χ0n) is 17.5. The van der Waals surface area contributed by atoms with Crippen LogP contribution >= 0.6 is 0 Å². The van der Waals surface area contributed by atoms with E-state index in [-0.39, 0.29) is 12.5 Å². The molecule has 2 aliphatic rings. The van der Waals surface area contributed by atoms with Crippen molar-refractivity contribution in [3.05, 3.63) is 47.3 Å². The van der Waals surface area contributed by atoms with Crippen LogP contribution in [0.3, 0.4) is 0 Å². The number of carbonyl (C=O) groups excluding carboxylic acids is 1. The number of aryl methyl sites for hydroxylation is 2. The summed E-state index contributed by atoms with van der Waals surface area (Å²) in [5.41, 5.74) is 8.61. The zero-order chi connectivity index (χ0) is 21.8. The van der Waals surface area contributed by atoms with Crippen molar-refractivity contribution in [1.82, 2.24) is 19.8 Å². The number of pyridine rings is 2. The number of carboxylic acids is 1. The highest BCUT2D eigenvalue weighted by atomic mass is 16.4. The Bertz CT molecular complexity index is 949. The van der Waals surface area contributed by atoms with Gasteiger partial charge in [0.2, 0.25) is 0 Å². The van der Waals surface area contributed by atoms with Crippen molar-refractivity contribution in [1.29, 1.82) is 0 Å². The Kier molecular flexibility index (Phi) is 6.20. The monoisotopic (exact) mass is 424 g/mol. The highest BCUT2D eigenvalue weighted by Crippen LogP contribution is 2.28. The van der Waals surface area contributed by atoms with Gasteiger partial charge in [0, 0.05) is 38.1 Å². The van der Waals surface area contributed by atoms with Gasteiger partial charge in [0.1, 0.15) is 11.6 Å².